The lowest BCUT2D eigenvalue weighted by atomic mass is 10.1. The van der Waals surface area contributed by atoms with Gasteiger partial charge < -0.3 is 10.4 Å². The molecule has 0 saturated heterocycles. The van der Waals surface area contributed by atoms with Gasteiger partial charge in [-0.25, -0.2) is 4.79 Å². The van der Waals surface area contributed by atoms with Gasteiger partial charge in [-0.2, -0.15) is 0 Å². The maximum Gasteiger partial charge on any atom is 0.333 e. The predicted octanol–water partition coefficient (Wildman–Crippen LogP) is 2.42. The second-order valence-corrected chi connectivity index (χ2v) is 2.92. The summed E-state index contributed by atoms with van der Waals surface area (Å²) >= 11 is 0. The van der Waals surface area contributed by atoms with Crippen LogP contribution in [0.5, 0.6) is 0 Å². The van der Waals surface area contributed by atoms with Gasteiger partial charge in [-0.3, -0.25) is 0 Å². The Morgan fingerprint density at radius 3 is 2.60 bits per heavy atom. The number of benzene rings is 1. The quantitative estimate of drug-likeness (QED) is 0.802. The Kier molecular flexibility index (Phi) is 5.19. The highest BCUT2D eigenvalue weighted by Gasteiger charge is 2.13. The number of carboxylic acid groups (broad SMARTS) is 1. The highest BCUT2D eigenvalue weighted by Crippen LogP contribution is 2.22. The van der Waals surface area contributed by atoms with Crippen LogP contribution >= 0.6 is 24.8 Å². The number of rotatable bonds is 1. The SMILES string of the molecule is Cl.Cl.O=C(O)C1=Cc2ccccc2NC1. The first-order valence-electron chi connectivity index (χ1n) is 4.04. The normalized spacial score (nSPS) is 12.1. The Balaban J connectivity index is 0.000000980. The monoisotopic (exact) mass is 247 g/mol. The molecule has 0 amide bonds. The van der Waals surface area contributed by atoms with E-state index in [-0.39, 0.29) is 24.8 Å². The summed E-state index contributed by atoms with van der Waals surface area (Å²) < 4.78 is 0. The van der Waals surface area contributed by atoms with Gasteiger partial charge in [-0.05, 0) is 17.7 Å². The summed E-state index contributed by atoms with van der Waals surface area (Å²) in [5, 5.41) is 11.8. The molecule has 0 radical (unpaired) electrons. The highest BCUT2D eigenvalue weighted by atomic mass is 35.5. The second-order valence-electron chi connectivity index (χ2n) is 2.92. The average Bonchev–Trinajstić information content (AvgIpc) is 2.17. The van der Waals surface area contributed by atoms with E-state index < -0.39 is 5.97 Å². The zero-order valence-electron chi connectivity index (χ0n) is 7.77. The minimum absolute atomic E-state index is 0. The fourth-order valence-corrected chi connectivity index (χ4v) is 1.35. The first-order chi connectivity index (χ1) is 6.27. The Labute approximate surface area is 100 Å². The number of nitrogens with one attached hydrogen (secondary N) is 1. The van der Waals surface area contributed by atoms with Crippen LogP contribution in [-0.2, 0) is 4.79 Å². The molecule has 0 aromatic heterocycles. The number of carbonyl (C=O) groups is 1. The van der Waals surface area contributed by atoms with Crippen LogP contribution in [0.3, 0.4) is 0 Å². The molecule has 0 saturated carbocycles. The molecular weight excluding hydrogens is 237 g/mol. The third kappa shape index (κ3) is 2.88. The van der Waals surface area contributed by atoms with Crippen LogP contribution in [0.4, 0.5) is 5.69 Å². The lowest BCUT2D eigenvalue weighted by Gasteiger charge is -2.15. The van der Waals surface area contributed by atoms with Crippen LogP contribution in [0.15, 0.2) is 29.8 Å². The van der Waals surface area contributed by atoms with Gasteiger partial charge in [0.2, 0.25) is 0 Å². The van der Waals surface area contributed by atoms with Gasteiger partial charge in [0.15, 0.2) is 0 Å². The van der Waals surface area contributed by atoms with Gasteiger partial charge in [0.1, 0.15) is 0 Å². The lowest BCUT2D eigenvalue weighted by Crippen LogP contribution is -2.16. The van der Waals surface area contributed by atoms with Crippen molar-refractivity contribution >= 4 is 42.5 Å². The number of aliphatic carboxylic acids is 1. The Morgan fingerprint density at radius 2 is 1.93 bits per heavy atom. The van der Waals surface area contributed by atoms with Gasteiger partial charge in [-0.15, -0.1) is 24.8 Å². The molecule has 2 rings (SSSR count). The standard InChI is InChI=1S/C10H9NO2.2ClH/c12-10(13)8-5-7-3-1-2-4-9(7)11-6-8;;/h1-5,11H,6H2,(H,12,13);2*1H. The van der Waals surface area contributed by atoms with E-state index in [9.17, 15) is 4.79 Å². The molecule has 1 aliphatic rings. The molecule has 1 aliphatic heterocycles. The van der Waals surface area contributed by atoms with E-state index in [1.807, 2.05) is 24.3 Å². The molecule has 0 aliphatic carbocycles. The van der Waals surface area contributed by atoms with Crippen molar-refractivity contribution in [3.05, 3.63) is 35.4 Å². The molecule has 1 heterocycles. The van der Waals surface area contributed by atoms with E-state index in [0.29, 0.717) is 12.1 Å². The third-order valence-corrected chi connectivity index (χ3v) is 2.03. The highest BCUT2D eigenvalue weighted by molar-refractivity contribution is 5.95. The number of halogens is 2. The summed E-state index contributed by atoms with van der Waals surface area (Å²) in [6.07, 6.45) is 1.70. The van der Waals surface area contributed by atoms with Crippen molar-refractivity contribution in [2.24, 2.45) is 0 Å². The van der Waals surface area contributed by atoms with Crippen LogP contribution in [0.2, 0.25) is 0 Å². The fourth-order valence-electron chi connectivity index (χ4n) is 1.35. The first kappa shape index (κ1) is 13.8. The Hall–Kier alpha value is -1.19. The topological polar surface area (TPSA) is 49.3 Å². The van der Waals surface area contributed by atoms with Crippen molar-refractivity contribution in [2.75, 3.05) is 11.9 Å². The zero-order valence-corrected chi connectivity index (χ0v) is 9.40. The molecule has 0 atom stereocenters. The minimum atomic E-state index is -0.859. The summed E-state index contributed by atoms with van der Waals surface area (Å²) in [7, 11) is 0. The van der Waals surface area contributed by atoms with Crippen LogP contribution in [0, 0.1) is 0 Å². The molecular formula is C10H11Cl2NO2. The van der Waals surface area contributed by atoms with Crippen molar-refractivity contribution < 1.29 is 9.90 Å². The van der Waals surface area contributed by atoms with E-state index in [1.54, 1.807) is 6.08 Å². The maximum atomic E-state index is 10.7. The summed E-state index contributed by atoms with van der Waals surface area (Å²) in [5.74, 6) is -0.859. The Morgan fingerprint density at radius 1 is 1.27 bits per heavy atom. The molecule has 2 N–H and O–H groups in total. The van der Waals surface area contributed by atoms with E-state index in [4.69, 9.17) is 5.11 Å². The maximum absolute atomic E-state index is 10.7. The van der Waals surface area contributed by atoms with Crippen molar-refractivity contribution in [1.29, 1.82) is 0 Å². The molecule has 0 unspecified atom stereocenters. The van der Waals surface area contributed by atoms with Gasteiger partial charge in [0.05, 0.1) is 5.57 Å². The van der Waals surface area contributed by atoms with Crippen LogP contribution in [0.1, 0.15) is 5.56 Å². The number of hydrogen-bond acceptors (Lipinski definition) is 2. The zero-order chi connectivity index (χ0) is 9.26. The predicted molar refractivity (Wildman–Crippen MR) is 65.0 cm³/mol. The molecule has 1 aromatic rings. The van der Waals surface area contributed by atoms with Crippen molar-refractivity contribution in [3.8, 4) is 0 Å². The third-order valence-electron chi connectivity index (χ3n) is 2.03. The lowest BCUT2D eigenvalue weighted by molar-refractivity contribution is -0.132. The van der Waals surface area contributed by atoms with Gasteiger partial charge in [0.25, 0.3) is 0 Å². The summed E-state index contributed by atoms with van der Waals surface area (Å²) in [4.78, 5) is 10.7. The molecule has 3 nitrogen and oxygen atoms in total. The summed E-state index contributed by atoms with van der Waals surface area (Å²) in [6, 6.07) is 7.64. The molecule has 15 heavy (non-hydrogen) atoms. The van der Waals surface area contributed by atoms with Crippen molar-refractivity contribution in [1.82, 2.24) is 0 Å². The van der Waals surface area contributed by atoms with Crippen molar-refractivity contribution in [3.63, 3.8) is 0 Å². The Bertz CT molecular complexity index is 391. The molecule has 5 heteroatoms. The average molecular weight is 248 g/mol. The molecule has 0 bridgehead atoms. The van der Waals surface area contributed by atoms with E-state index >= 15 is 0 Å². The number of para-hydroxylation sites is 1. The molecule has 0 fully saturated rings. The van der Waals surface area contributed by atoms with Gasteiger partial charge in [-0.1, -0.05) is 18.2 Å². The largest absolute Gasteiger partial charge is 0.478 e. The molecule has 1 aromatic carbocycles. The van der Waals surface area contributed by atoms with Gasteiger partial charge >= 0.3 is 5.97 Å². The molecule has 0 spiro atoms. The van der Waals surface area contributed by atoms with E-state index in [1.165, 1.54) is 0 Å². The first-order valence-corrected chi connectivity index (χ1v) is 4.04. The number of hydrogen-bond donors (Lipinski definition) is 2. The number of fused-ring (bicyclic) bond motifs is 1. The van der Waals surface area contributed by atoms with E-state index in [0.717, 1.165) is 11.3 Å². The van der Waals surface area contributed by atoms with Crippen LogP contribution in [0.25, 0.3) is 6.08 Å². The number of anilines is 1. The fraction of sp³-hybridized carbons (Fsp3) is 0.100. The molecule has 82 valence electrons. The van der Waals surface area contributed by atoms with Gasteiger partial charge in [0, 0.05) is 12.2 Å². The van der Waals surface area contributed by atoms with Crippen molar-refractivity contribution in [2.45, 2.75) is 0 Å². The summed E-state index contributed by atoms with van der Waals surface area (Å²) in [6.45, 7) is 0.395. The number of carboxylic acids is 1. The minimum Gasteiger partial charge on any atom is -0.478 e. The van der Waals surface area contributed by atoms with E-state index in [2.05, 4.69) is 5.32 Å². The van der Waals surface area contributed by atoms with Crippen LogP contribution < -0.4 is 5.32 Å². The van der Waals surface area contributed by atoms with Crippen LogP contribution in [-0.4, -0.2) is 17.6 Å². The smallest absolute Gasteiger partial charge is 0.333 e. The summed E-state index contributed by atoms with van der Waals surface area (Å²) in [5.41, 5.74) is 2.33. The second kappa shape index (κ2) is 5.63.